The summed E-state index contributed by atoms with van der Waals surface area (Å²) in [6.07, 6.45) is 4.03. The molecule has 190 valence electrons. The highest BCUT2D eigenvalue weighted by atomic mass is 19.1. The number of likely N-dealkylation sites (tertiary alicyclic amines) is 2. The van der Waals surface area contributed by atoms with Gasteiger partial charge in [0.25, 0.3) is 5.91 Å². The van der Waals surface area contributed by atoms with E-state index in [1.165, 1.54) is 18.2 Å². The summed E-state index contributed by atoms with van der Waals surface area (Å²) in [7, 11) is 0. The van der Waals surface area contributed by atoms with E-state index in [0.717, 1.165) is 50.4 Å². The van der Waals surface area contributed by atoms with Crippen molar-refractivity contribution < 1.29 is 18.8 Å². The third-order valence-corrected chi connectivity index (χ3v) is 6.42. The minimum atomic E-state index is -0.751. The normalized spacial score (nSPS) is 18.7. The second-order valence-corrected chi connectivity index (χ2v) is 9.30. The monoisotopic (exact) mass is 493 g/mol. The van der Waals surface area contributed by atoms with Crippen LogP contribution in [-0.2, 0) is 9.59 Å². The van der Waals surface area contributed by atoms with Gasteiger partial charge in [0, 0.05) is 30.9 Å². The molecule has 0 spiro atoms. The molecule has 2 aliphatic rings. The van der Waals surface area contributed by atoms with Crippen LogP contribution in [0.4, 0.5) is 10.1 Å². The van der Waals surface area contributed by atoms with Gasteiger partial charge in [-0.2, -0.15) is 0 Å². The summed E-state index contributed by atoms with van der Waals surface area (Å²) in [6, 6.07) is 12.1. The van der Waals surface area contributed by atoms with Gasteiger partial charge in [0.15, 0.2) is 0 Å². The van der Waals surface area contributed by atoms with Crippen LogP contribution in [0.25, 0.3) is 0 Å². The highest BCUT2D eigenvalue weighted by molar-refractivity contribution is 6.10. The first-order valence-corrected chi connectivity index (χ1v) is 12.4. The SMILES string of the molecule is Cc1cccc(NC(=N[C@H]2CCCCN(CC(=O)N3CCCC3)C2=O)NC(=O)c2cccc(F)c2)c1. The van der Waals surface area contributed by atoms with Crippen LogP contribution in [0.5, 0.6) is 0 Å². The second kappa shape index (κ2) is 11.8. The fourth-order valence-electron chi connectivity index (χ4n) is 4.51. The fraction of sp³-hybridized carbons (Fsp3) is 0.407. The fourth-order valence-corrected chi connectivity index (χ4v) is 4.51. The molecule has 3 amide bonds. The Balaban J connectivity index is 1.56. The van der Waals surface area contributed by atoms with Gasteiger partial charge in [0.1, 0.15) is 11.9 Å². The van der Waals surface area contributed by atoms with E-state index in [1.54, 1.807) is 9.80 Å². The Morgan fingerprint density at radius 1 is 1.03 bits per heavy atom. The molecule has 2 fully saturated rings. The van der Waals surface area contributed by atoms with E-state index in [2.05, 4.69) is 15.6 Å². The summed E-state index contributed by atoms with van der Waals surface area (Å²) < 4.78 is 13.7. The van der Waals surface area contributed by atoms with Crippen LogP contribution in [0.1, 0.15) is 48.0 Å². The predicted molar refractivity (Wildman–Crippen MR) is 136 cm³/mol. The first-order valence-electron chi connectivity index (χ1n) is 12.4. The summed E-state index contributed by atoms with van der Waals surface area (Å²) in [5.74, 6) is -1.24. The third kappa shape index (κ3) is 6.68. The smallest absolute Gasteiger partial charge is 0.258 e. The van der Waals surface area contributed by atoms with Crippen molar-refractivity contribution >= 4 is 29.4 Å². The van der Waals surface area contributed by atoms with E-state index >= 15 is 0 Å². The minimum absolute atomic E-state index is 0.0389. The zero-order chi connectivity index (χ0) is 25.5. The molecule has 1 atom stereocenters. The average molecular weight is 494 g/mol. The molecule has 2 aromatic rings. The number of halogens is 1. The summed E-state index contributed by atoms with van der Waals surface area (Å²) in [6.45, 7) is 3.96. The van der Waals surface area contributed by atoms with Gasteiger partial charge in [-0.3, -0.25) is 19.7 Å². The Morgan fingerprint density at radius 3 is 2.53 bits per heavy atom. The maximum Gasteiger partial charge on any atom is 0.258 e. The van der Waals surface area contributed by atoms with Crippen molar-refractivity contribution in [3.05, 3.63) is 65.5 Å². The van der Waals surface area contributed by atoms with E-state index in [9.17, 15) is 18.8 Å². The molecule has 0 aromatic heterocycles. The predicted octanol–water partition coefficient (Wildman–Crippen LogP) is 3.34. The maximum absolute atomic E-state index is 13.7. The van der Waals surface area contributed by atoms with Gasteiger partial charge in [0.05, 0.1) is 6.54 Å². The number of guanidine groups is 1. The Morgan fingerprint density at radius 2 is 1.78 bits per heavy atom. The van der Waals surface area contributed by atoms with Crippen LogP contribution in [0, 0.1) is 12.7 Å². The second-order valence-electron chi connectivity index (χ2n) is 9.30. The van der Waals surface area contributed by atoms with Gasteiger partial charge in [-0.25, -0.2) is 9.38 Å². The van der Waals surface area contributed by atoms with Crippen molar-refractivity contribution in [1.29, 1.82) is 0 Å². The number of nitrogens with zero attached hydrogens (tertiary/aromatic N) is 3. The van der Waals surface area contributed by atoms with Crippen molar-refractivity contribution in [2.75, 3.05) is 31.5 Å². The molecule has 36 heavy (non-hydrogen) atoms. The molecule has 4 rings (SSSR count). The number of carbonyl (C=O) groups excluding carboxylic acids is 3. The van der Waals surface area contributed by atoms with E-state index < -0.39 is 17.8 Å². The molecule has 0 radical (unpaired) electrons. The van der Waals surface area contributed by atoms with Crippen molar-refractivity contribution in [3.63, 3.8) is 0 Å². The number of benzene rings is 2. The first-order chi connectivity index (χ1) is 17.4. The first kappa shape index (κ1) is 25.3. The highest BCUT2D eigenvalue weighted by Crippen LogP contribution is 2.18. The number of aliphatic imine (C=N–C) groups is 1. The van der Waals surface area contributed by atoms with Gasteiger partial charge in [0.2, 0.25) is 17.8 Å². The van der Waals surface area contributed by atoms with E-state index in [1.807, 2.05) is 31.2 Å². The lowest BCUT2D eigenvalue weighted by molar-refractivity contribution is -0.140. The van der Waals surface area contributed by atoms with Crippen LogP contribution in [-0.4, -0.2) is 65.7 Å². The Kier molecular flexibility index (Phi) is 8.30. The van der Waals surface area contributed by atoms with Gasteiger partial charge in [-0.05, 0) is 74.9 Å². The Hall–Kier alpha value is -3.75. The van der Waals surface area contributed by atoms with Crippen LogP contribution >= 0.6 is 0 Å². The lowest BCUT2D eigenvalue weighted by Crippen LogP contribution is -2.45. The van der Waals surface area contributed by atoms with Crippen molar-refractivity contribution in [3.8, 4) is 0 Å². The summed E-state index contributed by atoms with van der Waals surface area (Å²) >= 11 is 0. The van der Waals surface area contributed by atoms with Crippen LogP contribution in [0.2, 0.25) is 0 Å². The molecule has 8 nitrogen and oxygen atoms in total. The van der Waals surface area contributed by atoms with Crippen LogP contribution in [0.15, 0.2) is 53.5 Å². The lowest BCUT2D eigenvalue weighted by Gasteiger charge is -2.25. The number of carbonyl (C=O) groups is 3. The summed E-state index contributed by atoms with van der Waals surface area (Å²) in [4.78, 5) is 47.0. The van der Waals surface area contributed by atoms with Gasteiger partial charge >= 0.3 is 0 Å². The molecule has 2 aliphatic heterocycles. The molecule has 9 heteroatoms. The van der Waals surface area contributed by atoms with E-state index in [4.69, 9.17) is 0 Å². The molecule has 0 aliphatic carbocycles. The van der Waals surface area contributed by atoms with Crippen LogP contribution < -0.4 is 10.6 Å². The maximum atomic E-state index is 13.7. The number of hydrogen-bond acceptors (Lipinski definition) is 4. The zero-order valence-electron chi connectivity index (χ0n) is 20.5. The number of anilines is 1. The Bertz CT molecular complexity index is 1150. The highest BCUT2D eigenvalue weighted by Gasteiger charge is 2.30. The summed E-state index contributed by atoms with van der Waals surface area (Å²) in [5, 5.41) is 5.81. The number of amides is 3. The number of hydrogen-bond donors (Lipinski definition) is 2. The molecular formula is C27H32FN5O3. The molecule has 2 aromatic carbocycles. The Labute approximate surface area is 210 Å². The average Bonchev–Trinajstić information content (AvgIpc) is 3.34. The van der Waals surface area contributed by atoms with Crippen molar-refractivity contribution in [2.45, 2.75) is 45.1 Å². The third-order valence-electron chi connectivity index (χ3n) is 6.42. The molecule has 0 bridgehead atoms. The number of aryl methyl sites for hydroxylation is 1. The quantitative estimate of drug-likeness (QED) is 0.494. The minimum Gasteiger partial charge on any atom is -0.341 e. The molecule has 2 N–H and O–H groups in total. The topological polar surface area (TPSA) is 94.1 Å². The standard InChI is InChI=1S/C27H32FN5O3/c1-19-8-6-11-22(16-19)29-27(31-25(35)20-9-7-10-21(28)17-20)30-23-12-2-3-15-33(26(23)36)18-24(34)32-13-4-5-14-32/h6-11,16-17,23H,2-5,12-15,18H2,1H3,(H2,29,30,31,35)/t23-/m0/s1. The molecule has 2 saturated heterocycles. The van der Waals surface area contributed by atoms with Crippen molar-refractivity contribution in [2.24, 2.45) is 4.99 Å². The van der Waals surface area contributed by atoms with Crippen molar-refractivity contribution in [1.82, 2.24) is 15.1 Å². The van der Waals surface area contributed by atoms with Gasteiger partial charge in [-0.1, -0.05) is 18.2 Å². The molecule has 2 heterocycles. The number of nitrogens with one attached hydrogen (secondary N) is 2. The van der Waals surface area contributed by atoms with Gasteiger partial charge in [-0.15, -0.1) is 0 Å². The molecule has 0 unspecified atom stereocenters. The van der Waals surface area contributed by atoms with E-state index in [-0.39, 0.29) is 29.9 Å². The summed E-state index contributed by atoms with van der Waals surface area (Å²) in [5.41, 5.74) is 1.84. The largest absolute Gasteiger partial charge is 0.341 e. The van der Waals surface area contributed by atoms with Crippen LogP contribution in [0.3, 0.4) is 0 Å². The lowest BCUT2D eigenvalue weighted by atomic mass is 10.1. The zero-order valence-corrected chi connectivity index (χ0v) is 20.5. The molecule has 0 saturated carbocycles. The molecular weight excluding hydrogens is 461 g/mol. The van der Waals surface area contributed by atoms with Gasteiger partial charge < -0.3 is 15.1 Å². The number of rotatable bonds is 5. The van der Waals surface area contributed by atoms with E-state index in [0.29, 0.717) is 18.7 Å².